The second-order valence-corrected chi connectivity index (χ2v) is 4.16. The van der Waals surface area contributed by atoms with Gasteiger partial charge >= 0.3 is 0 Å². The van der Waals surface area contributed by atoms with Crippen LogP contribution in [0.1, 0.15) is 19.3 Å². The minimum absolute atomic E-state index is 0.183. The molecule has 2 fully saturated rings. The molecular formula is C10H16N2O3. The predicted octanol–water partition coefficient (Wildman–Crippen LogP) is -0.582. The summed E-state index contributed by atoms with van der Waals surface area (Å²) in [5, 5.41) is 5.40. The molecule has 15 heavy (non-hydrogen) atoms. The van der Waals surface area contributed by atoms with Gasteiger partial charge in [-0.3, -0.25) is 14.9 Å². The molecule has 0 saturated carbocycles. The largest absolute Gasteiger partial charge is 0.381 e. The van der Waals surface area contributed by atoms with Crippen LogP contribution in [-0.2, 0) is 14.3 Å². The number of hydrogen-bond donors (Lipinski definition) is 2. The van der Waals surface area contributed by atoms with E-state index >= 15 is 0 Å². The molecule has 2 amide bonds. The number of nitrogens with one attached hydrogen (secondary N) is 2. The summed E-state index contributed by atoms with van der Waals surface area (Å²) < 4.78 is 5.34. The zero-order valence-corrected chi connectivity index (χ0v) is 8.62. The SMILES string of the molecule is O=C1CC(NCC2CCCOC2)C(=O)N1. The lowest BCUT2D eigenvalue weighted by atomic mass is 10.0. The van der Waals surface area contributed by atoms with Crippen LogP contribution in [0.4, 0.5) is 0 Å². The molecule has 2 aliphatic rings. The first kappa shape index (κ1) is 10.6. The van der Waals surface area contributed by atoms with Crippen molar-refractivity contribution in [2.75, 3.05) is 19.8 Å². The van der Waals surface area contributed by atoms with Crippen LogP contribution in [0.3, 0.4) is 0 Å². The van der Waals surface area contributed by atoms with E-state index in [0.29, 0.717) is 5.92 Å². The maximum absolute atomic E-state index is 11.2. The maximum atomic E-state index is 11.2. The molecule has 84 valence electrons. The van der Waals surface area contributed by atoms with Crippen molar-refractivity contribution in [2.24, 2.45) is 5.92 Å². The van der Waals surface area contributed by atoms with Crippen LogP contribution in [0.5, 0.6) is 0 Å². The second-order valence-electron chi connectivity index (χ2n) is 4.16. The van der Waals surface area contributed by atoms with Crippen LogP contribution in [-0.4, -0.2) is 37.6 Å². The summed E-state index contributed by atoms with van der Waals surface area (Å²) in [6.45, 7) is 2.36. The lowest BCUT2D eigenvalue weighted by molar-refractivity contribution is -0.125. The first-order valence-electron chi connectivity index (χ1n) is 5.40. The predicted molar refractivity (Wildman–Crippen MR) is 53.1 cm³/mol. The highest BCUT2D eigenvalue weighted by molar-refractivity contribution is 6.05. The Balaban J connectivity index is 1.73. The molecule has 2 atom stereocenters. The minimum atomic E-state index is -0.334. The van der Waals surface area contributed by atoms with Gasteiger partial charge in [0.25, 0.3) is 0 Å². The minimum Gasteiger partial charge on any atom is -0.381 e. The Morgan fingerprint density at radius 3 is 2.93 bits per heavy atom. The lowest BCUT2D eigenvalue weighted by Gasteiger charge is -2.23. The number of rotatable bonds is 3. The molecule has 0 aromatic heterocycles. The zero-order valence-electron chi connectivity index (χ0n) is 8.62. The van der Waals surface area contributed by atoms with Gasteiger partial charge in [0.2, 0.25) is 11.8 Å². The van der Waals surface area contributed by atoms with Gasteiger partial charge in [-0.25, -0.2) is 0 Å². The van der Waals surface area contributed by atoms with Crippen molar-refractivity contribution >= 4 is 11.8 Å². The van der Waals surface area contributed by atoms with Crippen molar-refractivity contribution in [2.45, 2.75) is 25.3 Å². The van der Waals surface area contributed by atoms with Gasteiger partial charge in [-0.05, 0) is 18.8 Å². The van der Waals surface area contributed by atoms with E-state index in [4.69, 9.17) is 4.74 Å². The van der Waals surface area contributed by atoms with Crippen molar-refractivity contribution in [3.63, 3.8) is 0 Å². The molecule has 5 nitrogen and oxygen atoms in total. The Morgan fingerprint density at radius 2 is 2.33 bits per heavy atom. The van der Waals surface area contributed by atoms with Crippen molar-refractivity contribution in [3.05, 3.63) is 0 Å². The van der Waals surface area contributed by atoms with Crippen molar-refractivity contribution < 1.29 is 14.3 Å². The molecule has 0 aromatic carbocycles. The average molecular weight is 212 g/mol. The fourth-order valence-corrected chi connectivity index (χ4v) is 2.00. The monoisotopic (exact) mass is 212 g/mol. The lowest BCUT2D eigenvalue weighted by Crippen LogP contribution is -2.40. The Morgan fingerprint density at radius 1 is 1.47 bits per heavy atom. The van der Waals surface area contributed by atoms with E-state index in [0.717, 1.165) is 32.6 Å². The summed E-state index contributed by atoms with van der Waals surface area (Å²) in [6, 6.07) is -0.334. The number of imide groups is 1. The van der Waals surface area contributed by atoms with E-state index in [-0.39, 0.29) is 24.3 Å². The van der Waals surface area contributed by atoms with Crippen LogP contribution in [0.15, 0.2) is 0 Å². The topological polar surface area (TPSA) is 67.4 Å². The van der Waals surface area contributed by atoms with Crippen LogP contribution in [0.2, 0.25) is 0 Å². The average Bonchev–Trinajstić information content (AvgIpc) is 2.56. The highest BCUT2D eigenvalue weighted by Crippen LogP contribution is 2.13. The van der Waals surface area contributed by atoms with Gasteiger partial charge in [0.1, 0.15) is 0 Å². The van der Waals surface area contributed by atoms with Gasteiger partial charge in [-0.15, -0.1) is 0 Å². The Bertz CT molecular complexity index is 261. The molecule has 2 N–H and O–H groups in total. The number of hydrogen-bond acceptors (Lipinski definition) is 4. The number of carbonyl (C=O) groups excluding carboxylic acids is 2. The van der Waals surface area contributed by atoms with Gasteiger partial charge in [0, 0.05) is 13.2 Å². The van der Waals surface area contributed by atoms with Crippen LogP contribution >= 0.6 is 0 Å². The van der Waals surface area contributed by atoms with E-state index in [9.17, 15) is 9.59 Å². The molecule has 2 saturated heterocycles. The maximum Gasteiger partial charge on any atom is 0.244 e. The van der Waals surface area contributed by atoms with E-state index in [1.54, 1.807) is 0 Å². The first-order chi connectivity index (χ1) is 7.25. The fraction of sp³-hybridized carbons (Fsp3) is 0.800. The highest BCUT2D eigenvalue weighted by Gasteiger charge is 2.30. The second kappa shape index (κ2) is 4.72. The van der Waals surface area contributed by atoms with E-state index in [1.807, 2.05) is 0 Å². The summed E-state index contributed by atoms with van der Waals surface area (Å²) >= 11 is 0. The Kier molecular flexibility index (Phi) is 3.33. The summed E-state index contributed by atoms with van der Waals surface area (Å²) in [4.78, 5) is 22.2. The molecule has 0 aromatic rings. The smallest absolute Gasteiger partial charge is 0.244 e. The molecule has 5 heteroatoms. The zero-order chi connectivity index (χ0) is 10.7. The van der Waals surface area contributed by atoms with E-state index in [2.05, 4.69) is 10.6 Å². The van der Waals surface area contributed by atoms with Crippen LogP contribution in [0.25, 0.3) is 0 Å². The summed E-state index contributed by atoms with van der Waals surface area (Å²) in [6.07, 6.45) is 2.49. The first-order valence-corrected chi connectivity index (χ1v) is 5.40. The van der Waals surface area contributed by atoms with Crippen LogP contribution < -0.4 is 10.6 Å². The Labute approximate surface area is 88.5 Å². The van der Waals surface area contributed by atoms with E-state index in [1.165, 1.54) is 0 Å². The third kappa shape index (κ3) is 2.76. The van der Waals surface area contributed by atoms with Gasteiger partial charge in [-0.2, -0.15) is 0 Å². The number of carbonyl (C=O) groups is 2. The molecule has 0 spiro atoms. The highest BCUT2D eigenvalue weighted by atomic mass is 16.5. The number of ether oxygens (including phenoxy) is 1. The van der Waals surface area contributed by atoms with E-state index < -0.39 is 0 Å². The molecule has 2 heterocycles. The number of amides is 2. The standard InChI is InChI=1S/C10H16N2O3/c13-9-4-8(10(14)12-9)11-5-7-2-1-3-15-6-7/h7-8,11H,1-6H2,(H,12,13,14). The van der Waals surface area contributed by atoms with Crippen LogP contribution in [0, 0.1) is 5.92 Å². The summed E-state index contributed by atoms with van der Waals surface area (Å²) in [5.41, 5.74) is 0. The molecule has 2 rings (SSSR count). The third-order valence-electron chi connectivity index (χ3n) is 2.88. The molecular weight excluding hydrogens is 196 g/mol. The normalized spacial score (nSPS) is 31.7. The fourth-order valence-electron chi connectivity index (χ4n) is 2.00. The molecule has 2 unspecified atom stereocenters. The van der Waals surface area contributed by atoms with Gasteiger partial charge in [0.05, 0.1) is 19.1 Å². The Hall–Kier alpha value is -0.940. The quantitative estimate of drug-likeness (QED) is 0.614. The molecule has 0 bridgehead atoms. The van der Waals surface area contributed by atoms with Gasteiger partial charge in [0.15, 0.2) is 0 Å². The third-order valence-corrected chi connectivity index (χ3v) is 2.88. The molecule has 0 aliphatic carbocycles. The van der Waals surface area contributed by atoms with Gasteiger partial charge in [-0.1, -0.05) is 0 Å². The molecule has 0 radical (unpaired) electrons. The van der Waals surface area contributed by atoms with Crippen molar-refractivity contribution in [1.82, 2.24) is 10.6 Å². The summed E-state index contributed by atoms with van der Waals surface area (Å²) in [5.74, 6) is 0.0939. The molecule has 2 aliphatic heterocycles. The van der Waals surface area contributed by atoms with Crippen molar-refractivity contribution in [1.29, 1.82) is 0 Å². The van der Waals surface area contributed by atoms with Gasteiger partial charge < -0.3 is 10.1 Å². The summed E-state index contributed by atoms with van der Waals surface area (Å²) in [7, 11) is 0. The van der Waals surface area contributed by atoms with Crippen molar-refractivity contribution in [3.8, 4) is 0 Å².